The van der Waals surface area contributed by atoms with E-state index in [1.807, 2.05) is 0 Å². The van der Waals surface area contributed by atoms with Crippen molar-refractivity contribution in [3.8, 4) is 0 Å². The Morgan fingerprint density at radius 3 is 3.27 bits per heavy atom. The molecule has 55 valence electrons. The summed E-state index contributed by atoms with van der Waals surface area (Å²) < 4.78 is 0. The minimum atomic E-state index is 0.476. The third-order valence-corrected chi connectivity index (χ3v) is 1.63. The second kappa shape index (κ2) is 2.13. The van der Waals surface area contributed by atoms with Crippen LogP contribution in [0.15, 0.2) is 12.4 Å². The second-order valence-corrected chi connectivity index (χ2v) is 2.61. The minimum absolute atomic E-state index is 0.476. The van der Waals surface area contributed by atoms with E-state index < -0.39 is 0 Å². The number of fused-ring (bicyclic) bond motifs is 1. The molecule has 0 amide bonds. The first-order valence-corrected chi connectivity index (χ1v) is 3.45. The summed E-state index contributed by atoms with van der Waals surface area (Å²) in [6.07, 6.45) is 3.20. The van der Waals surface area contributed by atoms with Crippen LogP contribution in [0.3, 0.4) is 0 Å². The zero-order valence-corrected chi connectivity index (χ0v) is 6.31. The van der Waals surface area contributed by atoms with Crippen LogP contribution < -0.4 is 5.73 Å². The first-order chi connectivity index (χ1) is 5.27. The predicted molar refractivity (Wildman–Crippen MR) is 44.4 cm³/mol. The Hall–Kier alpha value is -1.22. The highest BCUT2D eigenvalue weighted by Crippen LogP contribution is 2.20. The quantitative estimate of drug-likeness (QED) is 0.625. The molecule has 0 aliphatic heterocycles. The SMILES string of the molecule is Nc1c[nH]c2ncc(Cl)[c]c12. The molecule has 0 saturated heterocycles. The fraction of sp³-hybridized carbons (Fsp3) is 0. The van der Waals surface area contributed by atoms with Gasteiger partial charge in [0.2, 0.25) is 0 Å². The number of nitrogens with one attached hydrogen (secondary N) is 1. The lowest BCUT2D eigenvalue weighted by atomic mass is 10.3. The number of hydrogen-bond donors (Lipinski definition) is 2. The highest BCUT2D eigenvalue weighted by atomic mass is 35.5. The molecule has 0 aromatic carbocycles. The highest BCUT2D eigenvalue weighted by Gasteiger charge is 2.01. The van der Waals surface area contributed by atoms with E-state index in [2.05, 4.69) is 16.0 Å². The lowest BCUT2D eigenvalue weighted by Gasteiger charge is -1.89. The van der Waals surface area contributed by atoms with Gasteiger partial charge in [0.05, 0.1) is 16.1 Å². The topological polar surface area (TPSA) is 54.7 Å². The number of pyridine rings is 1. The lowest BCUT2D eigenvalue weighted by Crippen LogP contribution is -1.81. The van der Waals surface area contributed by atoms with E-state index in [0.29, 0.717) is 16.4 Å². The van der Waals surface area contributed by atoms with Crippen LogP contribution in [0.1, 0.15) is 0 Å². The predicted octanol–water partition coefficient (Wildman–Crippen LogP) is 1.60. The van der Waals surface area contributed by atoms with Gasteiger partial charge in [-0.05, 0) is 0 Å². The molecule has 0 bridgehead atoms. The van der Waals surface area contributed by atoms with Gasteiger partial charge in [0.15, 0.2) is 0 Å². The van der Waals surface area contributed by atoms with E-state index in [4.69, 9.17) is 17.3 Å². The molecule has 0 atom stereocenters. The Morgan fingerprint density at radius 1 is 1.64 bits per heavy atom. The molecule has 0 unspecified atom stereocenters. The van der Waals surface area contributed by atoms with E-state index in [0.717, 1.165) is 5.39 Å². The maximum absolute atomic E-state index is 5.66. The number of nitrogens with zero attached hydrogens (tertiary/aromatic N) is 1. The van der Waals surface area contributed by atoms with Crippen molar-refractivity contribution < 1.29 is 0 Å². The number of nitrogens with two attached hydrogens (primary N) is 1. The van der Waals surface area contributed by atoms with Crippen molar-refractivity contribution in [3.05, 3.63) is 23.5 Å². The van der Waals surface area contributed by atoms with Gasteiger partial charge in [0.25, 0.3) is 0 Å². The van der Waals surface area contributed by atoms with E-state index in [9.17, 15) is 0 Å². The standard InChI is InChI=1S/C7H5ClN3/c8-4-1-5-6(9)3-11-7(5)10-2-4/h2-3H,9H2,(H,10,11). The van der Waals surface area contributed by atoms with Crippen LogP contribution in [0.25, 0.3) is 11.0 Å². The van der Waals surface area contributed by atoms with Crippen LogP contribution in [-0.4, -0.2) is 9.97 Å². The van der Waals surface area contributed by atoms with Gasteiger partial charge >= 0.3 is 0 Å². The third-order valence-electron chi connectivity index (χ3n) is 1.44. The molecule has 0 fully saturated rings. The number of halogens is 1. The Kier molecular flexibility index (Phi) is 1.26. The number of aromatic amines is 1. The zero-order valence-electron chi connectivity index (χ0n) is 5.56. The molecule has 3 nitrogen and oxygen atoms in total. The second-order valence-electron chi connectivity index (χ2n) is 2.20. The van der Waals surface area contributed by atoms with Crippen LogP contribution in [0.4, 0.5) is 5.69 Å². The number of anilines is 1. The van der Waals surface area contributed by atoms with Crippen molar-refractivity contribution in [1.82, 2.24) is 9.97 Å². The van der Waals surface area contributed by atoms with Gasteiger partial charge in [-0.2, -0.15) is 0 Å². The van der Waals surface area contributed by atoms with Gasteiger partial charge in [-0.1, -0.05) is 11.6 Å². The summed E-state index contributed by atoms with van der Waals surface area (Å²) in [6, 6.07) is 2.88. The first-order valence-electron chi connectivity index (χ1n) is 3.08. The van der Waals surface area contributed by atoms with Crippen molar-refractivity contribution in [2.75, 3.05) is 5.73 Å². The van der Waals surface area contributed by atoms with Crippen LogP contribution >= 0.6 is 11.6 Å². The van der Waals surface area contributed by atoms with Gasteiger partial charge in [-0.3, -0.25) is 0 Å². The molecule has 0 aliphatic rings. The third kappa shape index (κ3) is 0.935. The molecule has 0 saturated carbocycles. The van der Waals surface area contributed by atoms with Crippen LogP contribution in [-0.2, 0) is 0 Å². The van der Waals surface area contributed by atoms with Crippen molar-refractivity contribution >= 4 is 28.3 Å². The summed E-state index contributed by atoms with van der Waals surface area (Å²) in [5.41, 5.74) is 6.92. The van der Waals surface area contributed by atoms with Crippen LogP contribution in [0.5, 0.6) is 0 Å². The summed E-state index contributed by atoms with van der Waals surface area (Å²) in [5, 5.41) is 1.22. The average Bonchev–Trinajstić information content (AvgIpc) is 2.33. The fourth-order valence-corrected chi connectivity index (χ4v) is 1.08. The molecule has 0 spiro atoms. The molecular formula is C7H5ClN3. The summed E-state index contributed by atoms with van der Waals surface area (Å²) in [7, 11) is 0. The van der Waals surface area contributed by atoms with E-state index >= 15 is 0 Å². The smallest absolute Gasteiger partial charge is 0.140 e. The molecular weight excluding hydrogens is 162 g/mol. The van der Waals surface area contributed by atoms with E-state index in [1.165, 1.54) is 6.20 Å². The molecule has 2 rings (SSSR count). The van der Waals surface area contributed by atoms with Crippen molar-refractivity contribution in [1.29, 1.82) is 0 Å². The number of H-pyrrole nitrogens is 1. The molecule has 0 aliphatic carbocycles. The van der Waals surface area contributed by atoms with Crippen LogP contribution in [0.2, 0.25) is 5.02 Å². The molecule has 3 N–H and O–H groups in total. The summed E-state index contributed by atoms with van der Waals surface area (Å²) in [6.45, 7) is 0. The maximum atomic E-state index is 5.66. The maximum Gasteiger partial charge on any atom is 0.140 e. The van der Waals surface area contributed by atoms with Crippen LogP contribution in [0, 0.1) is 6.07 Å². The normalized spacial score (nSPS) is 10.6. The van der Waals surface area contributed by atoms with Crippen molar-refractivity contribution in [2.45, 2.75) is 0 Å². The molecule has 2 heterocycles. The minimum Gasteiger partial charge on any atom is -0.397 e. The Balaban J connectivity index is 2.87. The number of rotatable bonds is 0. The van der Waals surface area contributed by atoms with Gasteiger partial charge in [-0.25, -0.2) is 4.98 Å². The molecule has 1 radical (unpaired) electrons. The lowest BCUT2D eigenvalue weighted by molar-refractivity contribution is 1.32. The Labute approximate surface area is 68.2 Å². The summed E-state index contributed by atoms with van der Waals surface area (Å²) in [5.74, 6) is 0. The van der Waals surface area contributed by atoms with Gasteiger partial charge < -0.3 is 10.7 Å². The number of hydrogen-bond acceptors (Lipinski definition) is 2. The Morgan fingerprint density at radius 2 is 2.45 bits per heavy atom. The molecule has 2 aromatic rings. The summed E-state index contributed by atoms with van der Waals surface area (Å²) in [4.78, 5) is 6.89. The Bertz CT molecular complexity index is 393. The zero-order chi connectivity index (χ0) is 7.84. The largest absolute Gasteiger partial charge is 0.397 e. The molecule has 2 aromatic heterocycles. The van der Waals surface area contributed by atoms with Crippen molar-refractivity contribution in [2.24, 2.45) is 0 Å². The van der Waals surface area contributed by atoms with Gasteiger partial charge in [-0.15, -0.1) is 0 Å². The van der Waals surface area contributed by atoms with E-state index in [1.54, 1.807) is 6.20 Å². The van der Waals surface area contributed by atoms with Gasteiger partial charge in [0.1, 0.15) is 5.65 Å². The molecule has 11 heavy (non-hydrogen) atoms. The number of aromatic nitrogens is 2. The van der Waals surface area contributed by atoms with Gasteiger partial charge in [0, 0.05) is 18.5 Å². The highest BCUT2D eigenvalue weighted by molar-refractivity contribution is 6.31. The number of nitrogen functional groups attached to an aromatic ring is 1. The monoisotopic (exact) mass is 166 g/mol. The van der Waals surface area contributed by atoms with E-state index in [-0.39, 0.29) is 0 Å². The molecule has 4 heteroatoms. The van der Waals surface area contributed by atoms with Crippen molar-refractivity contribution in [3.63, 3.8) is 0 Å². The first kappa shape index (κ1) is 6.49. The average molecular weight is 167 g/mol. The fourth-order valence-electron chi connectivity index (χ4n) is 0.933. The summed E-state index contributed by atoms with van der Waals surface area (Å²) >= 11 is 5.66.